The fraction of sp³-hybridized carbons (Fsp3) is 0.500. The normalized spacial score (nSPS) is 6.56. The van der Waals surface area contributed by atoms with Gasteiger partial charge in [0.25, 0.3) is 0 Å². The summed E-state index contributed by atoms with van der Waals surface area (Å²) in [6, 6.07) is 0. The summed E-state index contributed by atoms with van der Waals surface area (Å²) in [6.07, 6.45) is -4.58. The van der Waals surface area contributed by atoms with Crippen molar-refractivity contribution in [2.45, 2.75) is 36.9 Å². The van der Waals surface area contributed by atoms with Crippen LogP contribution in [0, 0.1) is 0 Å². The molecule has 28 nitrogen and oxygen atoms in total. The summed E-state index contributed by atoms with van der Waals surface area (Å²) in [5.74, 6) is -10.0. The predicted octanol–water partition coefficient (Wildman–Crippen LogP) is -14.1. The Balaban J connectivity index is -0.0000000113. The Morgan fingerprint density at radius 3 is 0.465 bits per heavy atom. The van der Waals surface area contributed by atoms with Crippen LogP contribution in [0.1, 0.15) is 25.7 Å². The van der Waals surface area contributed by atoms with E-state index in [0.717, 1.165) is 0 Å². The van der Waals surface area contributed by atoms with Crippen LogP contribution in [-0.2, 0) is 78.2 Å². The van der Waals surface area contributed by atoms with Crippen molar-refractivity contribution in [3.63, 3.8) is 0 Å². The average Bonchev–Trinajstić information content (AvgIpc) is 2.34. The number of carbonyl (C=O) groups is 6. The molecule has 0 aromatic heterocycles. The van der Waals surface area contributed by atoms with Crippen LogP contribution in [0.15, 0.2) is 0 Å². The van der Waals surface area contributed by atoms with Crippen molar-refractivity contribution in [2.24, 2.45) is 0 Å². The van der Waals surface area contributed by atoms with Gasteiger partial charge in [0.05, 0.1) is 25.7 Å². The maximum absolute atomic E-state index is 10.3. The average molecular weight is 813 g/mol. The second-order valence-corrected chi connectivity index (χ2v) is 4.96. The zero-order valence-electron chi connectivity index (χ0n) is 20.8. The number of rotatable bonds is 10. The van der Waals surface area contributed by atoms with E-state index in [1.165, 1.54) is 0 Å². The van der Waals surface area contributed by atoms with Gasteiger partial charge in [-0.05, 0) is 0 Å². The van der Waals surface area contributed by atoms with Crippen LogP contribution >= 0.6 is 0 Å². The number of aliphatic hydroxyl groups is 2. The van der Waals surface area contributed by atoms with E-state index >= 15 is 0 Å². The first-order valence-corrected chi connectivity index (χ1v) is 6.34. The first-order chi connectivity index (χ1) is 11.6. The van der Waals surface area contributed by atoms with Gasteiger partial charge in [-0.15, -0.1) is 0 Å². The molecule has 0 amide bonds. The molecule has 43 heavy (non-hydrogen) atoms. The van der Waals surface area contributed by atoms with Gasteiger partial charge in [0.15, 0.2) is 11.2 Å². The van der Waals surface area contributed by atoms with E-state index in [1.54, 1.807) is 0 Å². The molecule has 0 rings (SSSR count). The quantitative estimate of drug-likeness (QED) is 0.0950. The Bertz CT molecular complexity index is 532. The van der Waals surface area contributed by atoms with Crippen LogP contribution in [0.3, 0.4) is 0 Å². The van der Waals surface area contributed by atoms with E-state index in [9.17, 15) is 28.8 Å². The van der Waals surface area contributed by atoms with Crippen LogP contribution < -0.4 is 0 Å². The summed E-state index contributed by atoms with van der Waals surface area (Å²) in [7, 11) is 0. The minimum atomic E-state index is -2.74. The van der Waals surface area contributed by atoms with Gasteiger partial charge in [0.1, 0.15) is 0 Å². The molecule has 0 atom stereocenters. The molecule has 31 heteroatoms. The SMILES string of the molecule is O.O.O.O.O.O.O.O.O.O.O.O.O.O.O=C(O)CC(O)(CC(=O)O)C(=O)O.O=C(O)CC(O)(CC(=O)O)C(=O)O.[Ni].[Ni].[Ni]. The molecule has 0 fully saturated rings. The third kappa shape index (κ3) is 63.9. The first-order valence-electron chi connectivity index (χ1n) is 6.34. The zero-order valence-corrected chi connectivity index (χ0v) is 23.8. The fourth-order valence-electron chi connectivity index (χ4n) is 1.43. The van der Waals surface area contributed by atoms with E-state index in [1.807, 2.05) is 0 Å². The second-order valence-electron chi connectivity index (χ2n) is 4.96. The Hall–Kier alpha value is -2.34. The Kier molecular flexibility index (Phi) is 187. The molecule has 0 aliphatic heterocycles. The molecule has 0 aliphatic carbocycles. The molecule has 0 unspecified atom stereocenters. The third-order valence-corrected chi connectivity index (χ3v) is 2.57. The molecule has 0 heterocycles. The van der Waals surface area contributed by atoms with Crippen molar-refractivity contribution in [1.29, 1.82) is 0 Å². The van der Waals surface area contributed by atoms with Crippen molar-refractivity contribution in [1.82, 2.24) is 0 Å². The van der Waals surface area contributed by atoms with Gasteiger partial charge in [-0.25, -0.2) is 9.59 Å². The van der Waals surface area contributed by atoms with Crippen LogP contribution in [0.2, 0.25) is 0 Å². The van der Waals surface area contributed by atoms with Crippen molar-refractivity contribution in [2.75, 3.05) is 0 Å². The number of carboxylic acid groups (broad SMARTS) is 6. The molecule has 0 spiro atoms. The van der Waals surface area contributed by atoms with Gasteiger partial charge in [0.2, 0.25) is 0 Å². The van der Waals surface area contributed by atoms with Crippen LogP contribution in [0.25, 0.3) is 0 Å². The van der Waals surface area contributed by atoms with E-state index < -0.39 is 72.7 Å². The minimum absolute atomic E-state index is 0. The number of carboxylic acids is 6. The molecular formula is C12H44Ni3O28. The van der Waals surface area contributed by atoms with E-state index in [-0.39, 0.29) is 126 Å². The van der Waals surface area contributed by atoms with Gasteiger partial charge in [-0.2, -0.15) is 0 Å². The summed E-state index contributed by atoms with van der Waals surface area (Å²) in [5, 5.41) is 67.6. The predicted molar refractivity (Wildman–Crippen MR) is 125 cm³/mol. The number of aliphatic carboxylic acids is 6. The standard InChI is InChI=1S/2C6H8O7.3Ni.14H2O/c2*7-3(8)1-6(13,5(11)12)2-4(9)10;;;;;;;;;;;;;;;;;/h2*13H,1-2H2,(H,7,8)(H,9,10)(H,11,12);;;;14*1H2. The van der Waals surface area contributed by atoms with E-state index in [2.05, 4.69) is 0 Å². The fourth-order valence-corrected chi connectivity index (χ4v) is 1.43. The molecule has 0 radical (unpaired) electrons. The van der Waals surface area contributed by atoms with Crippen LogP contribution in [-0.4, -0.2) is 165 Å². The minimum Gasteiger partial charge on any atom is -0.481 e. The molecule has 0 aromatic carbocycles. The Labute approximate surface area is 268 Å². The Morgan fingerprint density at radius 2 is 0.419 bits per heavy atom. The van der Waals surface area contributed by atoms with Crippen LogP contribution in [0.4, 0.5) is 0 Å². The number of hydrogen-bond acceptors (Lipinski definition) is 8. The molecule has 0 saturated heterocycles. The third-order valence-electron chi connectivity index (χ3n) is 2.57. The molecular weight excluding hydrogens is 768 g/mol. The van der Waals surface area contributed by atoms with Gasteiger partial charge >= 0.3 is 35.8 Å². The van der Waals surface area contributed by atoms with Gasteiger partial charge < -0.3 is 118 Å². The first kappa shape index (κ1) is 136. The Morgan fingerprint density at radius 1 is 0.326 bits per heavy atom. The smallest absolute Gasteiger partial charge is 0.336 e. The van der Waals surface area contributed by atoms with E-state index in [0.29, 0.717) is 0 Å². The monoisotopic (exact) mass is 810 g/mol. The van der Waals surface area contributed by atoms with Crippen molar-refractivity contribution >= 4 is 35.8 Å². The van der Waals surface area contributed by atoms with Gasteiger partial charge in [0, 0.05) is 49.5 Å². The number of hydrogen-bond donors (Lipinski definition) is 8. The van der Waals surface area contributed by atoms with Crippen molar-refractivity contribution in [3.05, 3.63) is 0 Å². The molecule has 0 aliphatic rings. The molecule has 0 aromatic rings. The summed E-state index contributed by atoms with van der Waals surface area (Å²) in [4.78, 5) is 61.0. The second kappa shape index (κ2) is 59.1. The summed E-state index contributed by atoms with van der Waals surface area (Å²) in [5.41, 5.74) is -5.48. The largest absolute Gasteiger partial charge is 0.481 e. The molecule has 290 valence electrons. The van der Waals surface area contributed by atoms with Gasteiger partial charge in [-0.1, -0.05) is 0 Å². The van der Waals surface area contributed by atoms with Crippen molar-refractivity contribution < 1.29 is 196 Å². The zero-order chi connectivity index (χ0) is 21.3. The molecule has 0 saturated carbocycles. The maximum atomic E-state index is 10.3. The van der Waals surface area contributed by atoms with Crippen molar-refractivity contribution in [3.8, 4) is 0 Å². The van der Waals surface area contributed by atoms with Crippen LogP contribution in [0.5, 0.6) is 0 Å². The summed E-state index contributed by atoms with van der Waals surface area (Å²) < 4.78 is 0. The molecule has 0 bridgehead atoms. The summed E-state index contributed by atoms with van der Waals surface area (Å²) in [6.45, 7) is 0. The van der Waals surface area contributed by atoms with Gasteiger partial charge in [-0.3, -0.25) is 19.2 Å². The molecule has 36 N–H and O–H groups in total. The maximum Gasteiger partial charge on any atom is 0.336 e. The van der Waals surface area contributed by atoms with E-state index in [4.69, 9.17) is 40.9 Å². The topological polar surface area (TPSA) is 705 Å². The summed E-state index contributed by atoms with van der Waals surface area (Å²) >= 11 is 0.